The van der Waals surface area contributed by atoms with Crippen molar-refractivity contribution in [2.45, 2.75) is 29.4 Å². The van der Waals surface area contributed by atoms with E-state index >= 15 is 0 Å². The van der Waals surface area contributed by atoms with E-state index in [4.69, 9.17) is 5.73 Å². The van der Waals surface area contributed by atoms with Crippen LogP contribution in [0.15, 0.2) is 155 Å². The zero-order chi connectivity index (χ0) is 60.2. The number of hydrogen-bond donors (Lipinski definition) is 11. The summed E-state index contributed by atoms with van der Waals surface area (Å²) in [4.78, 5) is 25.5. The van der Waals surface area contributed by atoms with Crippen molar-refractivity contribution in [3.8, 4) is 11.5 Å². The minimum Gasteiger partial charge on any atom is -0.505 e. The number of azo groups is 4. The molecule has 0 spiro atoms. The summed E-state index contributed by atoms with van der Waals surface area (Å²) in [5, 5.41) is 77.6. The Morgan fingerprint density at radius 2 is 0.975 bits per heavy atom. The highest BCUT2D eigenvalue weighted by Gasteiger charge is 2.31. The molecule has 0 aromatic heterocycles. The van der Waals surface area contributed by atoms with Gasteiger partial charge in [0.1, 0.15) is 63.5 Å². The molecule has 12 N–H and O–H groups in total. The number of nitrogens with two attached hydrogens (primary N) is 1. The van der Waals surface area contributed by atoms with E-state index < -0.39 is 203 Å². The van der Waals surface area contributed by atoms with Crippen molar-refractivity contribution in [1.29, 1.82) is 0 Å². The van der Waals surface area contributed by atoms with Gasteiger partial charge in [0.15, 0.2) is 22.6 Å². The quantitative estimate of drug-likeness (QED) is 0.0103. The first kappa shape index (κ1) is 59.5. The van der Waals surface area contributed by atoms with Gasteiger partial charge >= 0.3 is 11.9 Å². The van der Waals surface area contributed by atoms with E-state index in [0.29, 0.717) is 30.3 Å². The fourth-order valence-corrected chi connectivity index (χ4v) is 11.1. The lowest BCUT2D eigenvalue weighted by atomic mass is 10.0. The maximum absolute atomic E-state index is 13.1. The van der Waals surface area contributed by atoms with Gasteiger partial charge in [0.25, 0.3) is 56.3 Å². The van der Waals surface area contributed by atoms with Crippen LogP contribution in [-0.2, 0) is 61.7 Å². The normalized spacial score (nSPS) is 13.3. The Balaban J connectivity index is 1.38. The van der Waals surface area contributed by atoms with Crippen molar-refractivity contribution in [3.63, 3.8) is 0 Å². The summed E-state index contributed by atoms with van der Waals surface area (Å²) in [6, 6.07) is 9.28. The number of carboxylic acids is 2. The number of nitro benzene ring substituents is 1. The number of aromatic hydroxyl groups is 2. The predicted molar refractivity (Wildman–Crippen MR) is 270 cm³/mol. The van der Waals surface area contributed by atoms with E-state index in [0.717, 1.165) is 48.5 Å². The van der Waals surface area contributed by atoms with Crippen LogP contribution in [0.4, 0.5) is 56.9 Å². The predicted octanol–water partition coefficient (Wildman–Crippen LogP) is 7.77. The lowest BCUT2D eigenvalue weighted by Crippen LogP contribution is -2.04. The molecule has 35 nitrogen and oxygen atoms in total. The highest BCUT2D eigenvalue weighted by Crippen LogP contribution is 2.50. The van der Waals surface area contributed by atoms with Crippen molar-refractivity contribution < 1.29 is 109 Å². The molecule has 0 saturated carbocycles. The summed E-state index contributed by atoms with van der Waals surface area (Å²) in [6.07, 6.45) is 0. The molecular formula is C40H26N10O25S6. The van der Waals surface area contributed by atoms with Crippen LogP contribution < -0.4 is 5.73 Å². The first-order valence-corrected chi connectivity index (χ1v) is 28.8. The van der Waals surface area contributed by atoms with Gasteiger partial charge in [-0.15, -0.1) is 30.7 Å². The fraction of sp³-hybridized carbons (Fsp3) is 0. The van der Waals surface area contributed by atoms with Crippen molar-refractivity contribution >= 4 is 152 Å². The Labute approximate surface area is 452 Å². The number of nitrogens with zero attached hydrogens (tertiary/aromatic N) is 9. The summed E-state index contributed by atoms with van der Waals surface area (Å²) in [6.45, 7) is 0. The van der Waals surface area contributed by atoms with Crippen molar-refractivity contribution in [1.82, 2.24) is 0 Å². The van der Waals surface area contributed by atoms with Gasteiger partial charge in [0, 0.05) is 28.3 Å². The number of nitrogen functional groups attached to an aromatic ring is 1. The Hall–Kier alpha value is -9.14. The van der Waals surface area contributed by atoms with Gasteiger partial charge in [-0.1, -0.05) is 0 Å². The van der Waals surface area contributed by atoms with Crippen LogP contribution >= 0.6 is 0 Å². The van der Waals surface area contributed by atoms with E-state index in [1.165, 1.54) is 0 Å². The Bertz CT molecular complexity index is 4700. The van der Waals surface area contributed by atoms with Crippen molar-refractivity contribution in [2.24, 2.45) is 40.9 Å². The lowest BCUT2D eigenvalue weighted by Gasteiger charge is -2.15. The standard InChI is InChI=1S/C40H26N10O25S6/c41-33-26(14-28(77(61,62)63)22-13-31(80(70,71)72)35(37(52)32(22)33)49-44-23-5-2-19(50(57)58)11-27(23)76(59)60)47-46-25-6-3-20-21(38(25)81(73,74)75)12-30(79(67,68)69)34(36(20)51)48-45-24-4-1-17(10-29(24)78(64,65)66)42-43-18-8-15(39(53)54)7-16(9-18)40(55)56/h1-14,51-52H,41H2,(H,53,54)(H,55,56)(H,59,60)(H,61,62,63)(H,64,65,66)(H,67,68,69)(H,70,71,72)(H,73,74,75). The van der Waals surface area contributed by atoms with Gasteiger partial charge < -0.3 is 30.7 Å². The topological polar surface area (TPSA) is 592 Å². The van der Waals surface area contributed by atoms with E-state index in [-0.39, 0.29) is 11.8 Å². The highest BCUT2D eigenvalue weighted by molar-refractivity contribution is 7.87. The number of rotatable bonds is 17. The van der Waals surface area contributed by atoms with Gasteiger partial charge in [-0.3, -0.25) is 32.9 Å². The molecule has 1 unspecified atom stereocenters. The minimum atomic E-state index is -5.76. The number of aromatic carboxylic acids is 2. The maximum atomic E-state index is 13.1. The van der Waals surface area contributed by atoms with Crippen LogP contribution in [0.25, 0.3) is 21.5 Å². The number of carbonyl (C=O) groups is 2. The summed E-state index contributed by atoms with van der Waals surface area (Å²) in [7, 11) is -28.1. The van der Waals surface area contributed by atoms with Crippen LogP contribution in [0.3, 0.4) is 0 Å². The lowest BCUT2D eigenvalue weighted by molar-refractivity contribution is -0.385. The molecule has 0 aliphatic rings. The van der Waals surface area contributed by atoms with Crippen LogP contribution in [0.5, 0.6) is 11.5 Å². The summed E-state index contributed by atoms with van der Waals surface area (Å²) < 4.78 is 200. The average molecular weight is 1240 g/mol. The van der Waals surface area contributed by atoms with E-state index in [1.54, 1.807) is 0 Å². The van der Waals surface area contributed by atoms with Gasteiger partial charge in [-0.05, 0) is 72.8 Å². The number of phenols is 2. The van der Waals surface area contributed by atoms with Crippen LogP contribution in [0, 0.1) is 10.1 Å². The number of carboxylic acid groups (broad SMARTS) is 2. The van der Waals surface area contributed by atoms with Crippen LogP contribution in [0.2, 0.25) is 0 Å². The Morgan fingerprint density at radius 1 is 0.494 bits per heavy atom. The number of non-ortho nitro benzene ring substituents is 1. The molecule has 422 valence electrons. The number of phenolic OH excluding ortho intramolecular Hbond substituents is 2. The molecule has 0 aliphatic heterocycles. The first-order chi connectivity index (χ1) is 37.4. The second-order valence-corrected chi connectivity index (χ2v) is 23.6. The van der Waals surface area contributed by atoms with E-state index in [1.807, 2.05) is 0 Å². The monoisotopic (exact) mass is 1240 g/mol. The third-order valence-electron chi connectivity index (χ3n) is 10.6. The molecule has 0 aliphatic carbocycles. The van der Waals surface area contributed by atoms with E-state index in [9.17, 15) is 114 Å². The molecule has 7 aromatic rings. The Kier molecular flexibility index (Phi) is 15.8. The number of benzene rings is 7. The van der Waals surface area contributed by atoms with Gasteiger partial charge in [0.2, 0.25) is 0 Å². The van der Waals surface area contributed by atoms with Crippen molar-refractivity contribution in [2.75, 3.05) is 5.73 Å². The average Bonchev–Trinajstić information content (AvgIpc) is 3.52. The molecule has 7 rings (SSSR count). The second kappa shape index (κ2) is 21.5. The van der Waals surface area contributed by atoms with Crippen LogP contribution in [0.1, 0.15) is 20.7 Å². The third kappa shape index (κ3) is 12.5. The molecular weight excluding hydrogens is 1210 g/mol. The van der Waals surface area contributed by atoms with Crippen LogP contribution in [-0.4, -0.2) is 111 Å². The molecule has 0 fully saturated rings. The smallest absolute Gasteiger partial charge is 0.335 e. The maximum Gasteiger partial charge on any atom is 0.335 e. The largest absolute Gasteiger partial charge is 0.505 e. The third-order valence-corrected chi connectivity index (χ3v) is 15.8. The summed E-state index contributed by atoms with van der Waals surface area (Å²) in [5.74, 6) is -5.99. The SMILES string of the molecule is Nc1c(N=Nc2ccc3c(O)c(N=Nc4ccc(N=Nc5cc(C(=O)O)cc(C(=O)O)c5)cc4S(=O)(=O)O)c(S(=O)(=O)O)cc3c2S(=O)(=O)O)cc(S(=O)(=O)O)c2cc(S(=O)(=O)O)c(N=Nc3ccc([N+](=O)[O-])cc3S(=O)O)c(O)c12. The number of nitro groups is 1. The first-order valence-electron chi connectivity index (χ1n) is 20.5. The molecule has 81 heavy (non-hydrogen) atoms. The minimum absolute atomic E-state index is 0.267. The fourth-order valence-electron chi connectivity index (χ4n) is 7.16. The number of fused-ring (bicyclic) bond motifs is 2. The molecule has 7 aromatic carbocycles. The van der Waals surface area contributed by atoms with Gasteiger partial charge in [-0.2, -0.15) is 52.3 Å². The molecule has 0 amide bonds. The second-order valence-electron chi connectivity index (χ2n) is 15.7. The molecule has 0 radical (unpaired) electrons. The summed E-state index contributed by atoms with van der Waals surface area (Å²) >= 11 is -3.04. The highest BCUT2D eigenvalue weighted by atomic mass is 32.2. The van der Waals surface area contributed by atoms with Gasteiger partial charge in [-0.25, -0.2) is 13.8 Å². The Morgan fingerprint density at radius 3 is 1.49 bits per heavy atom. The van der Waals surface area contributed by atoms with Gasteiger partial charge in [0.05, 0.1) is 38.5 Å². The number of hydrogen-bond acceptors (Lipinski definition) is 26. The van der Waals surface area contributed by atoms with Crippen molar-refractivity contribution in [3.05, 3.63) is 106 Å². The molecule has 41 heteroatoms. The summed E-state index contributed by atoms with van der Waals surface area (Å²) in [5.41, 5.74) is -3.45. The zero-order valence-electron chi connectivity index (χ0n) is 38.7. The zero-order valence-corrected chi connectivity index (χ0v) is 43.6. The number of anilines is 1. The molecule has 0 heterocycles. The molecule has 1 atom stereocenters. The molecule has 0 bridgehead atoms. The molecule has 0 saturated heterocycles. The van der Waals surface area contributed by atoms with E-state index in [2.05, 4.69) is 40.9 Å².